The summed E-state index contributed by atoms with van der Waals surface area (Å²) >= 11 is 0. The molecule has 0 rings (SSSR count). The number of carboxylic acids is 1. The predicted molar refractivity (Wildman–Crippen MR) is 61.8 cm³/mol. The van der Waals surface area contributed by atoms with Crippen LogP contribution in [0.2, 0.25) is 19.6 Å². The van der Waals surface area contributed by atoms with Gasteiger partial charge in [0.2, 0.25) is 8.32 Å². The van der Waals surface area contributed by atoms with Crippen LogP contribution in [0.5, 0.6) is 0 Å². The molecule has 0 aliphatic heterocycles. The van der Waals surface area contributed by atoms with Crippen LogP contribution in [0.1, 0.15) is 6.92 Å². The van der Waals surface area contributed by atoms with E-state index in [1.54, 1.807) is 0 Å². The highest BCUT2D eigenvalue weighted by Gasteiger charge is 2.21. The third-order valence-electron chi connectivity index (χ3n) is 1.40. The highest BCUT2D eigenvalue weighted by molar-refractivity contribution is 6.71. The van der Waals surface area contributed by atoms with Gasteiger partial charge in [0.25, 0.3) is 0 Å². The van der Waals surface area contributed by atoms with E-state index in [1.807, 2.05) is 19.6 Å². The maximum Gasteiger partial charge on any atom is 0.334 e. The van der Waals surface area contributed by atoms with Gasteiger partial charge in [0, 0.05) is 11.6 Å². The van der Waals surface area contributed by atoms with E-state index < -0.39 is 32.8 Å². The molecule has 0 aromatic heterocycles. The zero-order valence-electron chi connectivity index (χ0n) is 10.3. The van der Waals surface area contributed by atoms with Crippen LogP contribution in [-0.4, -0.2) is 37.9 Å². The molecule has 0 aliphatic carbocycles. The average Bonchev–Trinajstić information content (AvgIpc) is 2.10. The fourth-order valence-corrected chi connectivity index (χ4v) is 1.60. The predicted octanol–water partition coefficient (Wildman–Crippen LogP) is 0.939. The van der Waals surface area contributed by atoms with Crippen molar-refractivity contribution in [2.24, 2.45) is 0 Å². The molecule has 0 aromatic carbocycles. The Morgan fingerprint density at radius 1 is 1.24 bits per heavy atom. The molecular formula is C10H16O6Si. The first-order chi connectivity index (χ1) is 7.61. The summed E-state index contributed by atoms with van der Waals surface area (Å²) in [6, 6.07) is 0. The summed E-state index contributed by atoms with van der Waals surface area (Å²) in [5.74, 6) is -2.72. The monoisotopic (exact) mass is 260 g/mol. The lowest BCUT2D eigenvalue weighted by atomic mass is 10.3. The van der Waals surface area contributed by atoms with E-state index in [-0.39, 0.29) is 5.57 Å². The molecule has 96 valence electrons. The minimum atomic E-state index is -2.00. The van der Waals surface area contributed by atoms with Gasteiger partial charge >= 0.3 is 17.9 Å². The van der Waals surface area contributed by atoms with E-state index in [0.29, 0.717) is 6.08 Å². The molecule has 0 fully saturated rings. The maximum absolute atomic E-state index is 11.2. The van der Waals surface area contributed by atoms with E-state index in [9.17, 15) is 14.4 Å². The van der Waals surface area contributed by atoms with Gasteiger partial charge in [-0.3, -0.25) is 0 Å². The Morgan fingerprint density at radius 3 is 2.18 bits per heavy atom. The van der Waals surface area contributed by atoms with Crippen molar-refractivity contribution in [2.75, 3.05) is 6.61 Å². The molecular weight excluding hydrogens is 244 g/mol. The molecule has 0 aromatic rings. The van der Waals surface area contributed by atoms with Crippen LogP contribution in [-0.2, 0) is 23.5 Å². The summed E-state index contributed by atoms with van der Waals surface area (Å²) in [5, 5.41) is 8.39. The number of carbonyl (C=O) groups excluding carboxylic acids is 2. The van der Waals surface area contributed by atoms with Crippen molar-refractivity contribution in [2.45, 2.75) is 26.6 Å². The molecule has 0 saturated carbocycles. The second-order valence-corrected chi connectivity index (χ2v) is 8.76. The molecule has 0 unspecified atom stereocenters. The number of esters is 1. The molecule has 1 N–H and O–H groups in total. The SMILES string of the molecule is C/C(=C\C(=O)O)C(=O)OCC(=O)O[Si](C)(C)C. The third-order valence-corrected chi connectivity index (χ3v) is 2.24. The molecule has 0 radical (unpaired) electrons. The van der Waals surface area contributed by atoms with Gasteiger partial charge in [0.05, 0.1) is 0 Å². The lowest BCUT2D eigenvalue weighted by molar-refractivity contribution is -0.151. The second kappa shape index (κ2) is 6.19. The van der Waals surface area contributed by atoms with Crippen LogP contribution in [0.3, 0.4) is 0 Å². The van der Waals surface area contributed by atoms with Crippen LogP contribution in [0, 0.1) is 0 Å². The lowest BCUT2D eigenvalue weighted by Crippen LogP contribution is -2.31. The van der Waals surface area contributed by atoms with Gasteiger partial charge < -0.3 is 14.3 Å². The Balaban J connectivity index is 4.18. The number of carbonyl (C=O) groups is 3. The lowest BCUT2D eigenvalue weighted by Gasteiger charge is -2.16. The van der Waals surface area contributed by atoms with Gasteiger partial charge in [0.1, 0.15) is 0 Å². The van der Waals surface area contributed by atoms with Gasteiger partial charge in [-0.15, -0.1) is 0 Å². The summed E-state index contributed by atoms with van der Waals surface area (Å²) < 4.78 is 9.63. The topological polar surface area (TPSA) is 89.9 Å². The molecule has 6 nitrogen and oxygen atoms in total. The van der Waals surface area contributed by atoms with Gasteiger partial charge in [-0.05, 0) is 26.6 Å². The standard InChI is InChI=1S/C10H16O6Si/c1-7(5-8(11)12)10(14)15-6-9(13)16-17(2,3)4/h5H,6H2,1-4H3,(H,11,12)/b7-5+. The number of hydrogen-bond donors (Lipinski definition) is 1. The minimum absolute atomic E-state index is 0.0849. The second-order valence-electron chi connectivity index (χ2n) is 4.33. The van der Waals surface area contributed by atoms with Crippen LogP contribution in [0.4, 0.5) is 0 Å². The maximum atomic E-state index is 11.2. The highest BCUT2D eigenvalue weighted by Crippen LogP contribution is 2.03. The number of hydrogen-bond acceptors (Lipinski definition) is 5. The number of rotatable bonds is 5. The molecule has 0 bridgehead atoms. The smallest absolute Gasteiger partial charge is 0.334 e. The summed E-state index contributed by atoms with van der Waals surface area (Å²) in [6.07, 6.45) is 0.714. The van der Waals surface area contributed by atoms with Crippen molar-refractivity contribution in [1.29, 1.82) is 0 Å². The molecule has 0 saturated heterocycles. The largest absolute Gasteiger partial charge is 0.517 e. The third kappa shape index (κ3) is 8.20. The first kappa shape index (κ1) is 15.4. The zero-order valence-corrected chi connectivity index (χ0v) is 11.3. The van der Waals surface area contributed by atoms with E-state index in [4.69, 9.17) is 9.53 Å². The van der Waals surface area contributed by atoms with Crippen LogP contribution < -0.4 is 0 Å². The molecule has 7 heteroatoms. The van der Waals surface area contributed by atoms with E-state index in [1.165, 1.54) is 6.92 Å². The highest BCUT2D eigenvalue weighted by atomic mass is 28.4. The van der Waals surface area contributed by atoms with Gasteiger partial charge in [-0.1, -0.05) is 0 Å². The molecule has 0 atom stereocenters. The Labute approximate surface area is 100 Å². The van der Waals surface area contributed by atoms with E-state index in [0.717, 1.165) is 0 Å². The Kier molecular flexibility index (Phi) is 5.59. The van der Waals surface area contributed by atoms with Crippen LogP contribution in [0.25, 0.3) is 0 Å². The van der Waals surface area contributed by atoms with Crippen molar-refractivity contribution in [3.63, 3.8) is 0 Å². The summed E-state index contributed by atoms with van der Waals surface area (Å²) in [4.78, 5) is 32.7. The fourth-order valence-electron chi connectivity index (χ4n) is 0.853. The van der Waals surface area contributed by atoms with Gasteiger partial charge in [-0.2, -0.15) is 0 Å². The average molecular weight is 260 g/mol. The van der Waals surface area contributed by atoms with Crippen LogP contribution >= 0.6 is 0 Å². The molecule has 0 aliphatic rings. The number of ether oxygens (including phenoxy) is 1. The quantitative estimate of drug-likeness (QED) is 0.449. The Hall–Kier alpha value is -1.63. The van der Waals surface area contributed by atoms with Crippen molar-refractivity contribution in [3.8, 4) is 0 Å². The normalized spacial score (nSPS) is 11.9. The molecule has 17 heavy (non-hydrogen) atoms. The summed E-state index contributed by atoms with van der Waals surface area (Å²) in [5.41, 5.74) is -0.0849. The van der Waals surface area contributed by atoms with Crippen molar-refractivity contribution < 1.29 is 28.7 Å². The Morgan fingerprint density at radius 2 is 1.76 bits per heavy atom. The summed E-state index contributed by atoms with van der Waals surface area (Å²) in [6.45, 7) is 6.25. The van der Waals surface area contributed by atoms with E-state index >= 15 is 0 Å². The summed E-state index contributed by atoms with van der Waals surface area (Å²) in [7, 11) is -2.00. The number of aliphatic carboxylic acids is 1. The van der Waals surface area contributed by atoms with Crippen molar-refractivity contribution >= 4 is 26.2 Å². The zero-order chi connectivity index (χ0) is 13.6. The van der Waals surface area contributed by atoms with Crippen molar-refractivity contribution in [1.82, 2.24) is 0 Å². The molecule has 0 heterocycles. The Bertz CT molecular complexity index is 352. The molecule has 0 spiro atoms. The van der Waals surface area contributed by atoms with Crippen LogP contribution in [0.15, 0.2) is 11.6 Å². The first-order valence-electron chi connectivity index (χ1n) is 4.92. The first-order valence-corrected chi connectivity index (χ1v) is 8.33. The van der Waals surface area contributed by atoms with Gasteiger partial charge in [0.15, 0.2) is 6.61 Å². The molecule has 0 amide bonds. The van der Waals surface area contributed by atoms with Gasteiger partial charge in [-0.25, -0.2) is 14.4 Å². The van der Waals surface area contributed by atoms with E-state index in [2.05, 4.69) is 4.74 Å². The minimum Gasteiger partial charge on any atom is -0.517 e. The van der Waals surface area contributed by atoms with Crippen molar-refractivity contribution in [3.05, 3.63) is 11.6 Å². The number of carboxylic acid groups (broad SMARTS) is 1. The fraction of sp³-hybridized carbons (Fsp3) is 0.500.